The van der Waals surface area contributed by atoms with Gasteiger partial charge in [0.25, 0.3) is 0 Å². The maximum atomic E-state index is 13.2. The minimum atomic E-state index is -3.55. The first-order valence-electron chi connectivity index (χ1n) is 8.63. The van der Waals surface area contributed by atoms with Crippen LogP contribution in [0.3, 0.4) is 0 Å². The molecule has 3 aromatic rings. The van der Waals surface area contributed by atoms with Gasteiger partial charge in [-0.05, 0) is 42.3 Å². The highest BCUT2D eigenvalue weighted by molar-refractivity contribution is 7.89. The van der Waals surface area contributed by atoms with Crippen molar-refractivity contribution in [2.45, 2.75) is 24.8 Å². The van der Waals surface area contributed by atoms with Crippen molar-refractivity contribution in [2.24, 2.45) is 7.05 Å². The number of hydrogen-bond acceptors (Lipinski definition) is 3. The van der Waals surface area contributed by atoms with E-state index in [1.807, 2.05) is 19.1 Å². The van der Waals surface area contributed by atoms with Crippen LogP contribution in [-0.4, -0.2) is 30.9 Å². The number of fused-ring (bicyclic) bond motifs is 3. The number of aryl methyl sites for hydroxylation is 2. The Bertz CT molecular complexity index is 1100. The van der Waals surface area contributed by atoms with Gasteiger partial charge in [-0.15, -0.1) is 0 Å². The molecule has 1 aliphatic heterocycles. The largest absolute Gasteiger partial charge is 0.497 e. The molecule has 0 radical (unpaired) electrons. The minimum absolute atomic E-state index is 0.349. The Morgan fingerprint density at radius 3 is 2.62 bits per heavy atom. The Morgan fingerprint density at radius 2 is 1.88 bits per heavy atom. The van der Waals surface area contributed by atoms with E-state index in [1.165, 1.54) is 5.69 Å². The summed E-state index contributed by atoms with van der Waals surface area (Å²) in [4.78, 5) is 0.349. The van der Waals surface area contributed by atoms with E-state index in [9.17, 15) is 8.42 Å². The van der Waals surface area contributed by atoms with E-state index in [0.717, 1.165) is 22.9 Å². The summed E-state index contributed by atoms with van der Waals surface area (Å²) in [5, 5.41) is 1.14. The van der Waals surface area contributed by atoms with Gasteiger partial charge in [-0.25, -0.2) is 8.42 Å². The molecule has 0 saturated heterocycles. The number of aromatic nitrogens is 1. The molecular formula is C20H22N2O3S. The van der Waals surface area contributed by atoms with Crippen LogP contribution in [0, 0.1) is 6.92 Å². The number of hydrogen-bond donors (Lipinski definition) is 0. The predicted molar refractivity (Wildman–Crippen MR) is 102 cm³/mol. The number of sulfonamides is 1. The second kappa shape index (κ2) is 6.14. The van der Waals surface area contributed by atoms with Crippen molar-refractivity contribution in [3.8, 4) is 5.75 Å². The molecule has 2 heterocycles. The average Bonchev–Trinajstić information content (AvgIpc) is 2.94. The van der Waals surface area contributed by atoms with E-state index in [0.29, 0.717) is 29.3 Å². The summed E-state index contributed by atoms with van der Waals surface area (Å²) in [7, 11) is 0.0822. The molecule has 4 rings (SSSR count). The summed E-state index contributed by atoms with van der Waals surface area (Å²) >= 11 is 0. The molecule has 0 N–H and O–H groups in total. The van der Waals surface area contributed by atoms with Crippen LogP contribution >= 0.6 is 0 Å². The lowest BCUT2D eigenvalue weighted by atomic mass is 10.1. The molecule has 136 valence electrons. The SMILES string of the molecule is COc1ccc(S(=O)(=O)N2CCc3c(c4ccccc4n3C)C2)c(C)c1. The van der Waals surface area contributed by atoms with Crippen molar-refractivity contribution < 1.29 is 13.2 Å². The minimum Gasteiger partial charge on any atom is -0.497 e. The third-order valence-corrected chi connectivity index (χ3v) is 7.28. The topological polar surface area (TPSA) is 51.5 Å². The van der Waals surface area contributed by atoms with Gasteiger partial charge >= 0.3 is 0 Å². The molecule has 0 saturated carbocycles. The summed E-state index contributed by atoms with van der Waals surface area (Å²) < 4.78 is 35.5. The molecule has 0 amide bonds. The van der Waals surface area contributed by atoms with Crippen molar-refractivity contribution in [1.29, 1.82) is 0 Å². The molecule has 0 unspecified atom stereocenters. The van der Waals surface area contributed by atoms with E-state index >= 15 is 0 Å². The Balaban J connectivity index is 1.76. The van der Waals surface area contributed by atoms with Crippen LogP contribution in [0.1, 0.15) is 16.8 Å². The Kier molecular flexibility index (Phi) is 4.04. The van der Waals surface area contributed by atoms with Crippen LogP contribution in [0.2, 0.25) is 0 Å². The number of rotatable bonds is 3. The van der Waals surface area contributed by atoms with Crippen molar-refractivity contribution in [3.05, 3.63) is 59.3 Å². The first-order chi connectivity index (χ1) is 12.4. The zero-order chi connectivity index (χ0) is 18.5. The van der Waals surface area contributed by atoms with E-state index in [-0.39, 0.29) is 0 Å². The first-order valence-corrected chi connectivity index (χ1v) is 10.1. The molecular weight excluding hydrogens is 348 g/mol. The van der Waals surface area contributed by atoms with Crippen molar-refractivity contribution in [2.75, 3.05) is 13.7 Å². The second-order valence-electron chi connectivity index (χ2n) is 6.72. The molecule has 5 nitrogen and oxygen atoms in total. The summed E-state index contributed by atoms with van der Waals surface area (Å²) in [5.41, 5.74) is 4.19. The molecule has 6 heteroatoms. The molecule has 26 heavy (non-hydrogen) atoms. The van der Waals surface area contributed by atoms with Crippen LogP contribution < -0.4 is 4.74 Å². The molecule has 0 bridgehead atoms. The smallest absolute Gasteiger partial charge is 0.243 e. The summed E-state index contributed by atoms with van der Waals surface area (Å²) in [6, 6.07) is 13.3. The third kappa shape index (κ3) is 2.52. The highest BCUT2D eigenvalue weighted by Gasteiger charge is 2.32. The van der Waals surface area contributed by atoms with E-state index < -0.39 is 10.0 Å². The lowest BCUT2D eigenvalue weighted by molar-refractivity contribution is 0.387. The number of para-hydroxylation sites is 1. The molecule has 0 spiro atoms. The van der Waals surface area contributed by atoms with Gasteiger partial charge in [-0.3, -0.25) is 0 Å². The first kappa shape index (κ1) is 17.1. The van der Waals surface area contributed by atoms with Gasteiger partial charge in [-0.1, -0.05) is 18.2 Å². The van der Waals surface area contributed by atoms with Crippen LogP contribution in [0.5, 0.6) is 5.75 Å². The number of ether oxygens (including phenoxy) is 1. The van der Waals surface area contributed by atoms with Crippen LogP contribution in [0.15, 0.2) is 47.4 Å². The van der Waals surface area contributed by atoms with Crippen LogP contribution in [0.4, 0.5) is 0 Å². The van der Waals surface area contributed by atoms with Gasteiger partial charge in [-0.2, -0.15) is 4.31 Å². The van der Waals surface area contributed by atoms with E-state index in [4.69, 9.17) is 4.74 Å². The number of nitrogens with zero attached hydrogens (tertiary/aromatic N) is 2. The highest BCUT2D eigenvalue weighted by Crippen LogP contribution is 2.33. The van der Waals surface area contributed by atoms with E-state index in [1.54, 1.807) is 29.6 Å². The second-order valence-corrected chi connectivity index (χ2v) is 8.63. The molecule has 0 atom stereocenters. The summed E-state index contributed by atoms with van der Waals surface area (Å²) in [6.45, 7) is 2.71. The Hall–Kier alpha value is -2.31. The van der Waals surface area contributed by atoms with Crippen molar-refractivity contribution in [1.82, 2.24) is 8.87 Å². The Labute approximate surface area is 153 Å². The molecule has 2 aromatic carbocycles. The lowest BCUT2D eigenvalue weighted by Crippen LogP contribution is -2.36. The summed E-state index contributed by atoms with van der Waals surface area (Å²) in [6.07, 6.45) is 0.717. The lowest BCUT2D eigenvalue weighted by Gasteiger charge is -2.28. The van der Waals surface area contributed by atoms with Gasteiger partial charge in [0, 0.05) is 43.2 Å². The monoisotopic (exact) mass is 370 g/mol. The zero-order valence-electron chi connectivity index (χ0n) is 15.2. The number of methoxy groups -OCH3 is 1. The zero-order valence-corrected chi connectivity index (χ0v) is 16.0. The fourth-order valence-corrected chi connectivity index (χ4v) is 5.50. The van der Waals surface area contributed by atoms with Crippen molar-refractivity contribution in [3.63, 3.8) is 0 Å². The quantitative estimate of drug-likeness (QED) is 0.711. The maximum absolute atomic E-state index is 13.2. The standard InChI is InChI=1S/C20H22N2O3S/c1-14-12-15(25-3)8-9-20(14)26(23,24)22-11-10-19-17(13-22)16-6-4-5-7-18(16)21(19)2/h4-9,12H,10-11,13H2,1-3H3. The molecule has 1 aliphatic rings. The average molecular weight is 370 g/mol. The third-order valence-electron chi connectivity index (χ3n) is 5.28. The van der Waals surface area contributed by atoms with Crippen molar-refractivity contribution >= 4 is 20.9 Å². The fraction of sp³-hybridized carbons (Fsp3) is 0.300. The van der Waals surface area contributed by atoms with Gasteiger partial charge in [0.2, 0.25) is 10.0 Å². The predicted octanol–water partition coefficient (Wildman–Crippen LogP) is 3.24. The molecule has 0 fully saturated rings. The van der Waals surface area contributed by atoms with Gasteiger partial charge in [0.05, 0.1) is 12.0 Å². The highest BCUT2D eigenvalue weighted by atomic mass is 32.2. The van der Waals surface area contributed by atoms with Gasteiger partial charge < -0.3 is 9.30 Å². The van der Waals surface area contributed by atoms with Crippen LogP contribution in [-0.2, 0) is 30.0 Å². The maximum Gasteiger partial charge on any atom is 0.243 e. The molecule has 1 aromatic heterocycles. The summed E-state index contributed by atoms with van der Waals surface area (Å²) in [5.74, 6) is 0.663. The molecule has 0 aliphatic carbocycles. The fourth-order valence-electron chi connectivity index (χ4n) is 3.89. The van der Waals surface area contributed by atoms with E-state index in [2.05, 4.69) is 23.7 Å². The Morgan fingerprint density at radius 1 is 1.12 bits per heavy atom. The normalized spacial score (nSPS) is 15.2. The van der Waals surface area contributed by atoms with Gasteiger partial charge in [0.15, 0.2) is 0 Å². The van der Waals surface area contributed by atoms with Crippen LogP contribution in [0.25, 0.3) is 10.9 Å². The van der Waals surface area contributed by atoms with Gasteiger partial charge in [0.1, 0.15) is 5.75 Å². The number of benzene rings is 2.